The summed E-state index contributed by atoms with van der Waals surface area (Å²) in [6.07, 6.45) is 1.99. The lowest BCUT2D eigenvalue weighted by Crippen LogP contribution is -2.25. The van der Waals surface area contributed by atoms with Gasteiger partial charge in [0, 0.05) is 0 Å². The average molecular weight is 303 g/mol. The maximum atomic E-state index is 11.8. The molecule has 0 saturated heterocycles. The predicted molar refractivity (Wildman–Crippen MR) is 94.5 cm³/mol. The zero-order valence-corrected chi connectivity index (χ0v) is 14.9. The van der Waals surface area contributed by atoms with Crippen molar-refractivity contribution in [3.63, 3.8) is 0 Å². The first-order valence-electron chi connectivity index (χ1n) is 7.78. The number of allylic oxidation sites excluding steroid dienone is 2. The third-order valence-corrected chi connectivity index (χ3v) is 2.64. The van der Waals surface area contributed by atoms with Gasteiger partial charge >= 0.3 is 5.97 Å². The maximum Gasteiger partial charge on any atom is 0.328 e. The fourth-order valence-corrected chi connectivity index (χ4v) is 1.69. The predicted octanol–water partition coefficient (Wildman–Crippen LogP) is 4.81. The topological polar surface area (TPSA) is 38.7 Å². The molecule has 0 fully saturated rings. The Balaban J connectivity index is 0.00000211. The van der Waals surface area contributed by atoms with Crippen LogP contribution < -0.4 is 0 Å². The van der Waals surface area contributed by atoms with Crippen molar-refractivity contribution < 1.29 is 9.53 Å². The minimum Gasteiger partial charge on any atom is -0.459 e. The zero-order valence-electron chi connectivity index (χ0n) is 14.9. The number of rotatable bonds is 4. The van der Waals surface area contributed by atoms with Crippen LogP contribution in [-0.4, -0.2) is 23.8 Å². The van der Waals surface area contributed by atoms with Crippen LogP contribution in [0.25, 0.3) is 0 Å². The van der Waals surface area contributed by atoms with E-state index in [0.717, 1.165) is 16.8 Å². The first kappa shape index (κ1) is 20.1. The molecule has 122 valence electrons. The third-order valence-electron chi connectivity index (χ3n) is 2.64. The Morgan fingerprint density at radius 3 is 2.18 bits per heavy atom. The Bertz CT molecular complexity index is 508. The lowest BCUT2D eigenvalue weighted by atomic mass is 10.0. The average Bonchev–Trinajstić information content (AvgIpc) is 2.48. The normalized spacial score (nSPS) is 12.3. The Hall–Kier alpha value is -1.90. The van der Waals surface area contributed by atoms with Gasteiger partial charge in [0.05, 0.1) is 5.71 Å². The van der Waals surface area contributed by atoms with Crippen LogP contribution in [0.15, 0.2) is 47.0 Å². The van der Waals surface area contributed by atoms with Crippen molar-refractivity contribution in [3.8, 4) is 0 Å². The van der Waals surface area contributed by atoms with Gasteiger partial charge in [0.15, 0.2) is 0 Å². The Morgan fingerprint density at radius 1 is 1.18 bits per heavy atom. The Labute approximate surface area is 135 Å². The summed E-state index contributed by atoms with van der Waals surface area (Å²) < 4.78 is 5.27. The van der Waals surface area contributed by atoms with Crippen LogP contribution in [0.3, 0.4) is 0 Å². The molecule has 0 radical (unpaired) electrons. The van der Waals surface area contributed by atoms with E-state index in [1.807, 2.05) is 84.9 Å². The minimum atomic E-state index is -0.477. The lowest BCUT2D eigenvalue weighted by molar-refractivity contribution is -0.152. The summed E-state index contributed by atoms with van der Waals surface area (Å²) in [4.78, 5) is 16.2. The SMILES string of the molecule is C/C=C(\C)C(=NCC(=O)OC(C)(C)C)c1ccccc1.CC. The molecule has 1 rings (SSSR count). The molecular weight excluding hydrogens is 274 g/mol. The molecule has 0 saturated carbocycles. The van der Waals surface area contributed by atoms with Gasteiger partial charge in [-0.1, -0.05) is 50.3 Å². The van der Waals surface area contributed by atoms with Gasteiger partial charge in [-0.25, -0.2) is 0 Å². The van der Waals surface area contributed by atoms with Gasteiger partial charge in [-0.15, -0.1) is 0 Å². The van der Waals surface area contributed by atoms with Crippen LogP contribution >= 0.6 is 0 Å². The van der Waals surface area contributed by atoms with Crippen LogP contribution in [0, 0.1) is 0 Å². The van der Waals surface area contributed by atoms with Crippen molar-refractivity contribution in [2.75, 3.05) is 6.54 Å². The number of benzene rings is 1. The van der Waals surface area contributed by atoms with Crippen LogP contribution in [0.5, 0.6) is 0 Å². The van der Waals surface area contributed by atoms with Crippen molar-refractivity contribution in [2.45, 2.75) is 54.1 Å². The molecule has 3 heteroatoms. The number of hydrogen-bond donors (Lipinski definition) is 0. The molecule has 0 unspecified atom stereocenters. The second-order valence-corrected chi connectivity index (χ2v) is 5.59. The fourth-order valence-electron chi connectivity index (χ4n) is 1.69. The van der Waals surface area contributed by atoms with Crippen molar-refractivity contribution in [2.24, 2.45) is 4.99 Å². The highest BCUT2D eigenvalue weighted by molar-refractivity contribution is 6.12. The summed E-state index contributed by atoms with van der Waals surface area (Å²) in [6, 6.07) is 9.85. The summed E-state index contributed by atoms with van der Waals surface area (Å²) in [5.41, 5.74) is 2.40. The third kappa shape index (κ3) is 7.77. The van der Waals surface area contributed by atoms with Gasteiger partial charge in [0.1, 0.15) is 12.1 Å². The van der Waals surface area contributed by atoms with E-state index in [0.29, 0.717) is 0 Å². The fraction of sp³-hybridized carbons (Fsp3) is 0.474. The zero-order chi connectivity index (χ0) is 17.2. The second kappa shape index (κ2) is 9.93. The molecule has 1 aromatic rings. The highest BCUT2D eigenvalue weighted by Crippen LogP contribution is 2.11. The van der Waals surface area contributed by atoms with Crippen molar-refractivity contribution in [1.82, 2.24) is 0 Å². The van der Waals surface area contributed by atoms with E-state index in [1.54, 1.807) is 0 Å². The molecule has 0 aliphatic heterocycles. The largest absolute Gasteiger partial charge is 0.459 e. The van der Waals surface area contributed by atoms with Gasteiger partial charge < -0.3 is 4.74 Å². The molecule has 0 aliphatic carbocycles. The van der Waals surface area contributed by atoms with Crippen LogP contribution in [0.4, 0.5) is 0 Å². The monoisotopic (exact) mass is 303 g/mol. The van der Waals surface area contributed by atoms with Gasteiger partial charge in [-0.05, 0) is 45.8 Å². The summed E-state index contributed by atoms with van der Waals surface area (Å²) in [5.74, 6) is -0.310. The molecule has 3 nitrogen and oxygen atoms in total. The molecule has 0 spiro atoms. The first-order valence-corrected chi connectivity index (χ1v) is 7.78. The summed E-state index contributed by atoms with van der Waals surface area (Å²) >= 11 is 0. The van der Waals surface area contributed by atoms with E-state index in [2.05, 4.69) is 4.99 Å². The summed E-state index contributed by atoms with van der Waals surface area (Å²) in [6.45, 7) is 13.5. The molecule has 22 heavy (non-hydrogen) atoms. The Morgan fingerprint density at radius 2 is 1.73 bits per heavy atom. The molecular formula is C19H29NO2. The molecule has 0 aliphatic rings. The summed E-state index contributed by atoms with van der Waals surface area (Å²) in [7, 11) is 0. The maximum absolute atomic E-state index is 11.8. The van der Waals surface area contributed by atoms with E-state index in [9.17, 15) is 4.79 Å². The summed E-state index contributed by atoms with van der Waals surface area (Å²) in [5, 5.41) is 0. The molecule has 0 bridgehead atoms. The number of nitrogens with zero attached hydrogens (tertiary/aromatic N) is 1. The molecule has 0 heterocycles. The molecule has 0 atom stereocenters. The quantitative estimate of drug-likeness (QED) is 0.591. The number of carbonyl (C=O) groups excluding carboxylic acids is 1. The number of aliphatic imine (C=N–C) groups is 1. The number of ether oxygens (including phenoxy) is 1. The molecule has 1 aromatic carbocycles. The Kier molecular flexibility index (Phi) is 9.07. The van der Waals surface area contributed by atoms with E-state index in [-0.39, 0.29) is 12.5 Å². The van der Waals surface area contributed by atoms with Crippen LogP contribution in [-0.2, 0) is 9.53 Å². The smallest absolute Gasteiger partial charge is 0.328 e. The first-order chi connectivity index (χ1) is 10.3. The molecule has 0 amide bonds. The van der Waals surface area contributed by atoms with Crippen molar-refractivity contribution in [3.05, 3.63) is 47.5 Å². The lowest BCUT2D eigenvalue weighted by Gasteiger charge is -2.19. The van der Waals surface area contributed by atoms with E-state index >= 15 is 0 Å². The van der Waals surface area contributed by atoms with Gasteiger partial charge in [-0.3, -0.25) is 9.79 Å². The van der Waals surface area contributed by atoms with Crippen molar-refractivity contribution >= 4 is 11.7 Å². The van der Waals surface area contributed by atoms with Gasteiger partial charge in [0.25, 0.3) is 0 Å². The minimum absolute atomic E-state index is 0.0344. The standard InChI is InChI=1S/C17H23NO2.C2H6/c1-6-13(2)16(14-10-8-7-9-11-14)18-12-15(19)20-17(3,4)5;1-2/h6-11H,12H2,1-5H3;1-2H3/b13-6+,18-16?;. The molecule has 0 N–H and O–H groups in total. The second-order valence-electron chi connectivity index (χ2n) is 5.59. The highest BCUT2D eigenvalue weighted by atomic mass is 16.6. The number of carbonyl (C=O) groups is 1. The van der Waals surface area contributed by atoms with Gasteiger partial charge in [-0.2, -0.15) is 0 Å². The van der Waals surface area contributed by atoms with E-state index in [4.69, 9.17) is 4.74 Å². The van der Waals surface area contributed by atoms with Crippen LogP contribution in [0.1, 0.15) is 54.0 Å². The van der Waals surface area contributed by atoms with Crippen LogP contribution in [0.2, 0.25) is 0 Å². The number of hydrogen-bond acceptors (Lipinski definition) is 3. The van der Waals surface area contributed by atoms with Crippen molar-refractivity contribution in [1.29, 1.82) is 0 Å². The highest BCUT2D eigenvalue weighted by Gasteiger charge is 2.16. The molecule has 0 aromatic heterocycles. The van der Waals surface area contributed by atoms with E-state index < -0.39 is 5.60 Å². The van der Waals surface area contributed by atoms with E-state index in [1.165, 1.54) is 0 Å². The number of esters is 1. The van der Waals surface area contributed by atoms with Gasteiger partial charge in [0.2, 0.25) is 0 Å².